The molecule has 0 aliphatic carbocycles. The van der Waals surface area contributed by atoms with E-state index in [1.54, 1.807) is 0 Å². The lowest BCUT2D eigenvalue weighted by atomic mass is 10.1. The van der Waals surface area contributed by atoms with Crippen LogP contribution in [0.4, 0.5) is 13.2 Å². The summed E-state index contributed by atoms with van der Waals surface area (Å²) in [5.41, 5.74) is 1.79. The van der Waals surface area contributed by atoms with Crippen molar-refractivity contribution < 1.29 is 27.8 Å². The Kier molecular flexibility index (Phi) is 6.92. The van der Waals surface area contributed by atoms with E-state index in [-0.39, 0.29) is 6.42 Å². The number of thiazole rings is 1. The molecule has 5 nitrogen and oxygen atoms in total. The molecule has 0 amide bonds. The molecule has 2 heterocycles. The summed E-state index contributed by atoms with van der Waals surface area (Å²) in [6.45, 7) is 2.75. The molecule has 9 heteroatoms. The maximum absolute atomic E-state index is 12.9. The van der Waals surface area contributed by atoms with Gasteiger partial charge in [0.25, 0.3) is 0 Å². The van der Waals surface area contributed by atoms with Gasteiger partial charge in [0.2, 0.25) is 0 Å². The van der Waals surface area contributed by atoms with E-state index in [1.165, 1.54) is 23.5 Å². The van der Waals surface area contributed by atoms with Crippen LogP contribution in [0.25, 0.3) is 21.5 Å². The zero-order valence-electron chi connectivity index (χ0n) is 18.4. The number of fused-ring (bicyclic) bond motifs is 1. The molecule has 0 atom stereocenters. The Labute approximate surface area is 198 Å². The fraction of sp³-hybridized carbons (Fsp3) is 0.280. The van der Waals surface area contributed by atoms with Crippen LogP contribution in [0.3, 0.4) is 0 Å². The van der Waals surface area contributed by atoms with E-state index in [2.05, 4.69) is 4.98 Å². The molecule has 2 aromatic carbocycles. The first-order chi connectivity index (χ1) is 16.2. The van der Waals surface area contributed by atoms with Crippen molar-refractivity contribution in [3.05, 3.63) is 70.9 Å². The van der Waals surface area contributed by atoms with Crippen molar-refractivity contribution in [2.75, 3.05) is 0 Å². The number of carboxylic acid groups (broad SMARTS) is 1. The van der Waals surface area contributed by atoms with Crippen LogP contribution in [0, 0.1) is 0 Å². The molecular formula is C25H23F3N2O3S. The standard InChI is InChI=1S/C25H23F3N2O3S/c1-2-3-20-22(34-24(29-20)16-4-6-18(7-5-16)25(26,27)28)15-33-19-8-9-21-17(14-19)10-12-30(21)13-11-23(31)32/h4-10,12,14H,2-3,11,13,15H2,1H3,(H,31,32). The quantitative estimate of drug-likeness (QED) is 0.282. The summed E-state index contributed by atoms with van der Waals surface area (Å²) < 4.78 is 46.5. The second kappa shape index (κ2) is 9.89. The van der Waals surface area contributed by atoms with Gasteiger partial charge in [-0.05, 0) is 42.8 Å². The Hall–Kier alpha value is -3.33. The average molecular weight is 489 g/mol. The topological polar surface area (TPSA) is 64.4 Å². The van der Waals surface area contributed by atoms with Crippen LogP contribution in [0.15, 0.2) is 54.7 Å². The van der Waals surface area contributed by atoms with Crippen molar-refractivity contribution in [1.29, 1.82) is 0 Å². The maximum Gasteiger partial charge on any atom is 0.416 e. The number of nitrogens with zero attached hydrogens (tertiary/aromatic N) is 2. The van der Waals surface area contributed by atoms with Crippen LogP contribution >= 0.6 is 11.3 Å². The molecule has 2 aromatic heterocycles. The monoisotopic (exact) mass is 488 g/mol. The molecule has 0 fully saturated rings. The van der Waals surface area contributed by atoms with Gasteiger partial charge in [-0.1, -0.05) is 25.5 Å². The summed E-state index contributed by atoms with van der Waals surface area (Å²) in [5.74, 6) is -0.166. The van der Waals surface area contributed by atoms with Gasteiger partial charge in [0.05, 0.1) is 22.6 Å². The highest BCUT2D eigenvalue weighted by Crippen LogP contribution is 2.34. The zero-order chi connectivity index (χ0) is 24.3. The highest BCUT2D eigenvalue weighted by molar-refractivity contribution is 7.15. The fourth-order valence-corrected chi connectivity index (χ4v) is 4.71. The van der Waals surface area contributed by atoms with Gasteiger partial charge in [0.15, 0.2) is 0 Å². The molecule has 178 valence electrons. The normalized spacial score (nSPS) is 11.8. The third kappa shape index (κ3) is 5.41. The van der Waals surface area contributed by atoms with Crippen LogP contribution in [0.2, 0.25) is 0 Å². The Bertz CT molecular complexity index is 1290. The van der Waals surface area contributed by atoms with Crippen molar-refractivity contribution >= 4 is 28.2 Å². The number of halogens is 3. The third-order valence-electron chi connectivity index (χ3n) is 5.40. The minimum Gasteiger partial charge on any atom is -0.488 e. The van der Waals surface area contributed by atoms with Crippen LogP contribution in [0.5, 0.6) is 5.75 Å². The van der Waals surface area contributed by atoms with Crippen molar-refractivity contribution in [2.24, 2.45) is 0 Å². The lowest BCUT2D eigenvalue weighted by molar-refractivity contribution is -0.138. The molecule has 0 radical (unpaired) electrons. The van der Waals surface area contributed by atoms with Crippen LogP contribution < -0.4 is 4.74 Å². The van der Waals surface area contributed by atoms with Crippen LogP contribution in [0.1, 0.15) is 35.9 Å². The minimum atomic E-state index is -4.37. The molecule has 0 unspecified atom stereocenters. The molecule has 0 saturated carbocycles. The van der Waals surface area contributed by atoms with Gasteiger partial charge in [0.1, 0.15) is 17.4 Å². The Morgan fingerprint density at radius 3 is 2.59 bits per heavy atom. The molecule has 1 N–H and O–H groups in total. The fourth-order valence-electron chi connectivity index (χ4n) is 3.68. The predicted molar refractivity (Wildman–Crippen MR) is 125 cm³/mol. The lowest BCUT2D eigenvalue weighted by Crippen LogP contribution is -2.03. The Morgan fingerprint density at radius 2 is 1.91 bits per heavy atom. The van der Waals surface area contributed by atoms with Crippen LogP contribution in [-0.4, -0.2) is 20.6 Å². The first kappa shape index (κ1) is 23.8. The lowest BCUT2D eigenvalue weighted by Gasteiger charge is -2.08. The number of hydrogen-bond acceptors (Lipinski definition) is 4. The van der Waals surface area contributed by atoms with E-state index < -0.39 is 17.7 Å². The maximum atomic E-state index is 12.9. The number of rotatable bonds is 9. The van der Waals surface area contributed by atoms with Crippen molar-refractivity contribution in [2.45, 2.75) is 45.5 Å². The molecule has 4 aromatic rings. The number of aromatic nitrogens is 2. The van der Waals surface area contributed by atoms with E-state index in [0.717, 1.165) is 46.4 Å². The number of aliphatic carboxylic acids is 1. The number of aryl methyl sites for hydroxylation is 2. The van der Waals surface area contributed by atoms with Gasteiger partial charge in [-0.15, -0.1) is 11.3 Å². The molecular weight excluding hydrogens is 465 g/mol. The van der Waals surface area contributed by atoms with Gasteiger partial charge in [-0.2, -0.15) is 13.2 Å². The number of carbonyl (C=O) groups is 1. The first-order valence-corrected chi connectivity index (χ1v) is 11.7. The predicted octanol–water partition coefficient (Wildman–Crippen LogP) is 6.79. The number of carboxylic acids is 1. The molecule has 0 aliphatic heterocycles. The number of ether oxygens (including phenoxy) is 1. The van der Waals surface area contributed by atoms with Gasteiger partial charge in [-0.25, -0.2) is 4.98 Å². The first-order valence-electron chi connectivity index (χ1n) is 10.8. The summed E-state index contributed by atoms with van der Waals surface area (Å²) in [4.78, 5) is 16.5. The van der Waals surface area contributed by atoms with Gasteiger partial charge in [-0.3, -0.25) is 4.79 Å². The molecule has 0 bridgehead atoms. The van der Waals surface area contributed by atoms with Crippen molar-refractivity contribution in [3.63, 3.8) is 0 Å². The minimum absolute atomic E-state index is 0.0505. The smallest absolute Gasteiger partial charge is 0.416 e. The molecule has 34 heavy (non-hydrogen) atoms. The van der Waals surface area contributed by atoms with E-state index in [4.69, 9.17) is 9.84 Å². The Morgan fingerprint density at radius 1 is 1.15 bits per heavy atom. The third-order valence-corrected chi connectivity index (χ3v) is 6.52. The second-order valence-corrected chi connectivity index (χ2v) is 8.96. The van der Waals surface area contributed by atoms with Gasteiger partial charge < -0.3 is 14.4 Å². The molecule has 0 saturated heterocycles. The number of benzene rings is 2. The second-order valence-electron chi connectivity index (χ2n) is 7.88. The Balaban J connectivity index is 1.50. The highest BCUT2D eigenvalue weighted by Gasteiger charge is 2.30. The van der Waals surface area contributed by atoms with Crippen molar-refractivity contribution in [1.82, 2.24) is 9.55 Å². The summed E-state index contributed by atoms with van der Waals surface area (Å²) >= 11 is 1.43. The van der Waals surface area contributed by atoms with E-state index >= 15 is 0 Å². The van der Waals surface area contributed by atoms with Crippen molar-refractivity contribution in [3.8, 4) is 16.3 Å². The summed E-state index contributed by atoms with van der Waals surface area (Å²) in [5, 5.41) is 10.5. The molecule has 0 spiro atoms. The van der Waals surface area contributed by atoms with Gasteiger partial charge >= 0.3 is 12.1 Å². The van der Waals surface area contributed by atoms with Crippen LogP contribution in [-0.2, 0) is 30.5 Å². The van der Waals surface area contributed by atoms with E-state index in [0.29, 0.717) is 29.5 Å². The summed E-state index contributed by atoms with van der Waals surface area (Å²) in [7, 11) is 0. The summed E-state index contributed by atoms with van der Waals surface area (Å²) in [6, 6.07) is 12.6. The van der Waals surface area contributed by atoms with Gasteiger partial charge in [0, 0.05) is 29.2 Å². The zero-order valence-corrected chi connectivity index (χ0v) is 19.2. The largest absolute Gasteiger partial charge is 0.488 e. The van der Waals surface area contributed by atoms with E-state index in [9.17, 15) is 18.0 Å². The average Bonchev–Trinajstić information content (AvgIpc) is 3.39. The highest BCUT2D eigenvalue weighted by atomic mass is 32.1. The SMILES string of the molecule is CCCc1nc(-c2ccc(C(F)(F)F)cc2)sc1COc1ccc2c(ccn2CCC(=O)O)c1. The molecule has 4 rings (SSSR count). The van der Waals surface area contributed by atoms with E-state index in [1.807, 2.05) is 42.0 Å². The molecule has 0 aliphatic rings. The summed E-state index contributed by atoms with van der Waals surface area (Å²) in [6.07, 6.45) is -0.822. The number of alkyl halides is 3. The number of hydrogen-bond donors (Lipinski definition) is 1.